The Kier molecular flexibility index (Phi) is 4.71. The lowest BCUT2D eigenvalue weighted by Gasteiger charge is -2.06. The lowest BCUT2D eigenvalue weighted by atomic mass is 9.98. The predicted octanol–water partition coefficient (Wildman–Crippen LogP) is 4.49. The Bertz CT molecular complexity index is 390. The second-order valence-corrected chi connectivity index (χ2v) is 3.77. The van der Waals surface area contributed by atoms with Crippen LogP contribution in [0.4, 0.5) is 0 Å². The molecule has 0 amide bonds. The van der Waals surface area contributed by atoms with Crippen molar-refractivity contribution < 1.29 is 0 Å². The van der Waals surface area contributed by atoms with Gasteiger partial charge >= 0.3 is 0 Å². The van der Waals surface area contributed by atoms with E-state index in [4.69, 9.17) is 0 Å². The van der Waals surface area contributed by atoms with Crippen LogP contribution in [0.2, 0.25) is 0 Å². The normalized spacial score (nSPS) is 14.9. The van der Waals surface area contributed by atoms with E-state index in [9.17, 15) is 0 Å². The Morgan fingerprint density at radius 2 is 2.27 bits per heavy atom. The Balaban J connectivity index is 2.64. The lowest BCUT2D eigenvalue weighted by Crippen LogP contribution is -1.88. The van der Waals surface area contributed by atoms with Crippen molar-refractivity contribution in [3.63, 3.8) is 0 Å². The molecule has 0 fully saturated rings. The molecule has 1 aliphatic rings. The van der Waals surface area contributed by atoms with Crippen molar-refractivity contribution in [1.29, 1.82) is 0 Å². The molecule has 0 unspecified atom stereocenters. The second kappa shape index (κ2) is 6.09. The number of hydrogen-bond acceptors (Lipinski definition) is 0. The van der Waals surface area contributed by atoms with E-state index in [1.807, 2.05) is 12.2 Å². The minimum atomic E-state index is 1.09. The van der Waals surface area contributed by atoms with Crippen molar-refractivity contribution in [3.05, 3.63) is 59.1 Å². The van der Waals surface area contributed by atoms with E-state index in [-0.39, 0.29) is 0 Å². The van der Waals surface area contributed by atoms with Crippen LogP contribution in [-0.2, 0) is 0 Å². The molecule has 15 heavy (non-hydrogen) atoms. The summed E-state index contributed by atoms with van der Waals surface area (Å²) >= 11 is 0. The monoisotopic (exact) mass is 198 g/mol. The highest BCUT2D eigenvalue weighted by molar-refractivity contribution is 5.47. The Hall–Kier alpha value is -1.48. The van der Waals surface area contributed by atoms with E-state index in [0.717, 1.165) is 12.8 Å². The molecule has 0 nitrogen and oxygen atoms in total. The molecule has 78 valence electrons. The van der Waals surface area contributed by atoms with Gasteiger partial charge in [-0.25, -0.2) is 0 Å². The van der Waals surface area contributed by atoms with Crippen molar-refractivity contribution in [1.82, 2.24) is 0 Å². The second-order valence-electron chi connectivity index (χ2n) is 3.77. The molecule has 0 atom stereocenters. The molecule has 1 rings (SSSR count). The highest BCUT2D eigenvalue weighted by Crippen LogP contribution is 2.20. The van der Waals surface area contributed by atoms with Crippen LogP contribution in [-0.4, -0.2) is 0 Å². The van der Waals surface area contributed by atoms with Gasteiger partial charge in [-0.2, -0.15) is 0 Å². The van der Waals surface area contributed by atoms with Gasteiger partial charge in [0.05, 0.1) is 0 Å². The van der Waals surface area contributed by atoms with Crippen LogP contribution >= 0.6 is 0 Å². The topological polar surface area (TPSA) is 0 Å². The third kappa shape index (κ3) is 3.64. The summed E-state index contributed by atoms with van der Waals surface area (Å²) in [5, 5.41) is 0. The molecule has 0 spiro atoms. The zero-order valence-electron chi connectivity index (χ0n) is 9.64. The van der Waals surface area contributed by atoms with Gasteiger partial charge in [-0.1, -0.05) is 23.6 Å². The summed E-state index contributed by atoms with van der Waals surface area (Å²) in [4.78, 5) is 0. The van der Waals surface area contributed by atoms with Crippen LogP contribution in [0.5, 0.6) is 0 Å². The summed E-state index contributed by atoms with van der Waals surface area (Å²) in [6.07, 6.45) is 11.6. The molecule has 0 aromatic rings. The van der Waals surface area contributed by atoms with Crippen molar-refractivity contribution in [2.24, 2.45) is 0 Å². The maximum absolute atomic E-state index is 3.72. The Morgan fingerprint density at radius 3 is 2.93 bits per heavy atom. The van der Waals surface area contributed by atoms with Crippen LogP contribution in [0, 0.1) is 0 Å². The van der Waals surface area contributed by atoms with E-state index in [2.05, 4.69) is 44.0 Å². The number of rotatable bonds is 5. The standard InChI is InChI=1S/C15H18/c1-4-5-6-7-10-13(2)15-12-9-8-11-14(15)3/h4,8,10-11H,1,5-7H2,2-3H3/b13-10-. The first-order valence-corrected chi connectivity index (χ1v) is 5.42. The molecule has 0 heteroatoms. The first-order valence-electron chi connectivity index (χ1n) is 5.42. The fraction of sp³-hybridized carbons (Fsp3) is 0.333. The maximum Gasteiger partial charge on any atom is 0.0304 e. The van der Waals surface area contributed by atoms with Gasteiger partial charge in [-0.3, -0.25) is 0 Å². The van der Waals surface area contributed by atoms with Crippen LogP contribution in [0.25, 0.3) is 0 Å². The molecular weight excluding hydrogens is 180 g/mol. The van der Waals surface area contributed by atoms with Gasteiger partial charge in [-0.15, -0.1) is 6.58 Å². The molecule has 1 aliphatic carbocycles. The minimum Gasteiger partial charge on any atom is -0.103 e. The van der Waals surface area contributed by atoms with E-state index in [1.54, 1.807) is 0 Å². The highest BCUT2D eigenvalue weighted by Gasteiger charge is 2.02. The van der Waals surface area contributed by atoms with Crippen LogP contribution in [0.15, 0.2) is 59.1 Å². The van der Waals surface area contributed by atoms with E-state index < -0.39 is 0 Å². The third-order valence-electron chi connectivity index (χ3n) is 2.47. The van der Waals surface area contributed by atoms with Gasteiger partial charge in [-0.05, 0) is 56.4 Å². The number of hydrogen-bond donors (Lipinski definition) is 0. The third-order valence-corrected chi connectivity index (χ3v) is 2.47. The Morgan fingerprint density at radius 1 is 1.47 bits per heavy atom. The van der Waals surface area contributed by atoms with Crippen molar-refractivity contribution >= 4 is 0 Å². The van der Waals surface area contributed by atoms with E-state index in [0.29, 0.717) is 0 Å². The average Bonchev–Trinajstić information content (AvgIpc) is 2.25. The molecule has 0 aliphatic heterocycles. The Labute approximate surface area is 92.7 Å². The molecular formula is C15H18. The van der Waals surface area contributed by atoms with Crippen molar-refractivity contribution in [2.75, 3.05) is 0 Å². The van der Waals surface area contributed by atoms with Gasteiger partial charge in [0, 0.05) is 5.57 Å². The molecule has 0 radical (unpaired) electrons. The summed E-state index contributed by atoms with van der Waals surface area (Å²) in [6.45, 7) is 7.97. The van der Waals surface area contributed by atoms with Crippen LogP contribution in [0.3, 0.4) is 0 Å². The summed E-state index contributed by atoms with van der Waals surface area (Å²) in [6, 6.07) is 0. The highest BCUT2D eigenvalue weighted by atomic mass is 14.1. The zero-order chi connectivity index (χ0) is 11.1. The SMILES string of the molecule is C=CCCC/C=C(/C)C1=C=C=CC=C1C. The first-order chi connectivity index (χ1) is 7.25. The maximum atomic E-state index is 3.72. The van der Waals surface area contributed by atoms with Gasteiger partial charge in [0.25, 0.3) is 0 Å². The van der Waals surface area contributed by atoms with Crippen molar-refractivity contribution in [3.8, 4) is 0 Å². The fourth-order valence-electron chi connectivity index (χ4n) is 1.55. The van der Waals surface area contributed by atoms with Gasteiger partial charge in [0.15, 0.2) is 0 Å². The quantitative estimate of drug-likeness (QED) is 0.347. The molecule has 0 saturated carbocycles. The zero-order valence-corrected chi connectivity index (χ0v) is 9.64. The van der Waals surface area contributed by atoms with Gasteiger partial charge < -0.3 is 0 Å². The molecule has 0 heterocycles. The molecule has 0 bridgehead atoms. The van der Waals surface area contributed by atoms with E-state index >= 15 is 0 Å². The minimum absolute atomic E-state index is 1.09. The molecule has 0 aromatic heterocycles. The first kappa shape index (κ1) is 11.6. The summed E-state index contributed by atoms with van der Waals surface area (Å²) in [5.41, 5.74) is 9.93. The number of allylic oxidation sites excluding steroid dienone is 7. The lowest BCUT2D eigenvalue weighted by molar-refractivity contribution is 0.865. The summed E-state index contributed by atoms with van der Waals surface area (Å²) < 4.78 is 0. The molecule has 0 N–H and O–H groups in total. The van der Waals surface area contributed by atoms with Crippen LogP contribution < -0.4 is 0 Å². The van der Waals surface area contributed by atoms with Gasteiger partial charge in [0.1, 0.15) is 0 Å². The molecule has 0 saturated heterocycles. The van der Waals surface area contributed by atoms with Crippen LogP contribution in [0.1, 0.15) is 33.1 Å². The largest absolute Gasteiger partial charge is 0.103 e. The average molecular weight is 198 g/mol. The molecule has 0 aromatic carbocycles. The number of unbranched alkanes of at least 4 members (excludes halogenated alkanes) is 2. The summed E-state index contributed by atoms with van der Waals surface area (Å²) in [7, 11) is 0. The van der Waals surface area contributed by atoms with E-state index in [1.165, 1.54) is 23.1 Å². The van der Waals surface area contributed by atoms with Gasteiger partial charge in [0.2, 0.25) is 0 Å². The predicted molar refractivity (Wildman–Crippen MR) is 66.7 cm³/mol. The fourth-order valence-corrected chi connectivity index (χ4v) is 1.55. The summed E-state index contributed by atoms with van der Waals surface area (Å²) in [5.74, 6) is 0. The smallest absolute Gasteiger partial charge is 0.0304 e. The van der Waals surface area contributed by atoms with Crippen molar-refractivity contribution in [2.45, 2.75) is 33.1 Å².